The van der Waals surface area contributed by atoms with Gasteiger partial charge in [-0.2, -0.15) is 0 Å². The predicted molar refractivity (Wildman–Crippen MR) is 84.3 cm³/mol. The van der Waals surface area contributed by atoms with Gasteiger partial charge in [-0.25, -0.2) is 0 Å². The minimum Gasteiger partial charge on any atom is -0.486 e. The first-order valence-corrected chi connectivity index (χ1v) is 8.09. The molecule has 2 aliphatic rings. The second-order valence-corrected chi connectivity index (χ2v) is 6.06. The van der Waals surface area contributed by atoms with Crippen LogP contribution >= 0.6 is 0 Å². The quantitative estimate of drug-likeness (QED) is 0.902. The number of fused-ring (bicyclic) bond motifs is 1. The van der Waals surface area contributed by atoms with Gasteiger partial charge in [0, 0.05) is 19.5 Å². The number of primary amides is 1. The zero-order valence-corrected chi connectivity index (χ0v) is 13.1. The molecule has 124 valence electrons. The van der Waals surface area contributed by atoms with Crippen LogP contribution < -0.4 is 15.2 Å². The van der Waals surface area contributed by atoms with E-state index in [1.807, 2.05) is 18.2 Å². The summed E-state index contributed by atoms with van der Waals surface area (Å²) in [4.78, 5) is 25.4. The van der Waals surface area contributed by atoms with Gasteiger partial charge in [-0.3, -0.25) is 9.59 Å². The summed E-state index contributed by atoms with van der Waals surface area (Å²) in [5.41, 5.74) is 6.40. The van der Waals surface area contributed by atoms with E-state index >= 15 is 0 Å². The number of piperidine rings is 1. The number of nitrogens with zero attached hydrogens (tertiary/aromatic N) is 1. The lowest BCUT2D eigenvalue weighted by Crippen LogP contribution is -2.44. The van der Waals surface area contributed by atoms with Crippen LogP contribution in [0.5, 0.6) is 11.5 Å². The molecule has 0 aromatic heterocycles. The zero-order valence-electron chi connectivity index (χ0n) is 13.1. The molecule has 1 aromatic carbocycles. The lowest BCUT2D eigenvalue weighted by atomic mass is 9.97. The van der Waals surface area contributed by atoms with E-state index in [4.69, 9.17) is 15.2 Å². The van der Waals surface area contributed by atoms with Crippen LogP contribution in [0.4, 0.5) is 0 Å². The number of carbonyl (C=O) groups is 2. The number of hydrogen-bond acceptors (Lipinski definition) is 4. The Balaban J connectivity index is 1.55. The average Bonchev–Trinajstić information content (AvgIpc) is 2.59. The Morgan fingerprint density at radius 2 is 2.00 bits per heavy atom. The van der Waals surface area contributed by atoms with Gasteiger partial charge >= 0.3 is 0 Å². The van der Waals surface area contributed by atoms with Crippen molar-refractivity contribution in [3.05, 3.63) is 23.8 Å². The molecule has 6 heteroatoms. The van der Waals surface area contributed by atoms with Crippen molar-refractivity contribution in [2.45, 2.75) is 25.7 Å². The third kappa shape index (κ3) is 3.75. The van der Waals surface area contributed by atoms with Crippen LogP contribution in [0.2, 0.25) is 0 Å². The van der Waals surface area contributed by atoms with Crippen LogP contribution in [0.1, 0.15) is 24.8 Å². The van der Waals surface area contributed by atoms with Crippen LogP contribution in [-0.4, -0.2) is 43.0 Å². The second-order valence-electron chi connectivity index (χ2n) is 6.06. The van der Waals surface area contributed by atoms with Crippen molar-refractivity contribution in [2.75, 3.05) is 26.3 Å². The van der Waals surface area contributed by atoms with E-state index in [1.54, 1.807) is 4.90 Å². The van der Waals surface area contributed by atoms with E-state index in [0.717, 1.165) is 29.9 Å². The summed E-state index contributed by atoms with van der Waals surface area (Å²) in [6, 6.07) is 5.78. The van der Waals surface area contributed by atoms with E-state index in [1.165, 1.54) is 0 Å². The maximum atomic E-state index is 12.3. The molecule has 6 nitrogen and oxygen atoms in total. The largest absolute Gasteiger partial charge is 0.486 e. The van der Waals surface area contributed by atoms with Crippen LogP contribution in [0.15, 0.2) is 18.2 Å². The van der Waals surface area contributed by atoms with Crippen LogP contribution in [0.3, 0.4) is 0 Å². The number of carbonyl (C=O) groups excluding carboxylic acids is 2. The normalized spacial score (nSPS) is 20.2. The average molecular weight is 318 g/mol. The molecule has 2 heterocycles. The highest BCUT2D eigenvalue weighted by atomic mass is 16.6. The Kier molecular flexibility index (Phi) is 4.69. The fourth-order valence-corrected chi connectivity index (χ4v) is 3.09. The van der Waals surface area contributed by atoms with Gasteiger partial charge in [0.1, 0.15) is 13.2 Å². The van der Waals surface area contributed by atoms with Gasteiger partial charge in [0.2, 0.25) is 11.8 Å². The molecule has 2 N–H and O–H groups in total. The van der Waals surface area contributed by atoms with E-state index in [0.29, 0.717) is 39.1 Å². The van der Waals surface area contributed by atoms with E-state index < -0.39 is 0 Å². The molecule has 0 radical (unpaired) electrons. The standard InChI is InChI=1S/C17H22N2O4/c18-17(21)13-2-1-7-19(11-13)16(20)6-4-12-3-5-14-15(10-12)23-9-8-22-14/h3,5,10,13H,1-2,4,6-9,11H2,(H2,18,21). The smallest absolute Gasteiger partial charge is 0.222 e. The maximum Gasteiger partial charge on any atom is 0.222 e. The van der Waals surface area contributed by atoms with E-state index in [2.05, 4.69) is 0 Å². The molecular formula is C17H22N2O4. The number of ether oxygens (including phenoxy) is 2. The van der Waals surface area contributed by atoms with Gasteiger partial charge in [-0.05, 0) is 37.0 Å². The highest BCUT2D eigenvalue weighted by Crippen LogP contribution is 2.31. The first kappa shape index (κ1) is 15.6. The van der Waals surface area contributed by atoms with Gasteiger partial charge < -0.3 is 20.1 Å². The summed E-state index contributed by atoms with van der Waals surface area (Å²) < 4.78 is 11.0. The highest BCUT2D eigenvalue weighted by Gasteiger charge is 2.26. The molecule has 1 aromatic rings. The predicted octanol–water partition coefficient (Wildman–Crippen LogP) is 1.11. The van der Waals surface area contributed by atoms with Crippen molar-refractivity contribution >= 4 is 11.8 Å². The fraction of sp³-hybridized carbons (Fsp3) is 0.529. The summed E-state index contributed by atoms with van der Waals surface area (Å²) >= 11 is 0. The summed E-state index contributed by atoms with van der Waals surface area (Å²) in [5, 5.41) is 0. The van der Waals surface area contributed by atoms with Crippen LogP contribution in [0.25, 0.3) is 0 Å². The summed E-state index contributed by atoms with van der Waals surface area (Å²) in [6.45, 7) is 2.29. The third-order valence-corrected chi connectivity index (χ3v) is 4.41. The lowest BCUT2D eigenvalue weighted by molar-refractivity contribution is -0.134. The number of aryl methyl sites for hydroxylation is 1. The number of nitrogens with two attached hydrogens (primary N) is 1. The molecule has 3 rings (SSSR count). The molecule has 0 saturated carbocycles. The molecular weight excluding hydrogens is 296 g/mol. The first-order valence-electron chi connectivity index (χ1n) is 8.09. The molecule has 2 amide bonds. The summed E-state index contributed by atoms with van der Waals surface area (Å²) in [6.07, 6.45) is 2.68. The molecule has 1 saturated heterocycles. The molecule has 0 bridgehead atoms. The lowest BCUT2D eigenvalue weighted by Gasteiger charge is -2.31. The van der Waals surface area contributed by atoms with Gasteiger partial charge in [-0.1, -0.05) is 6.07 Å². The van der Waals surface area contributed by atoms with Crippen molar-refractivity contribution in [3.63, 3.8) is 0 Å². The molecule has 0 spiro atoms. The first-order chi connectivity index (χ1) is 11.1. The van der Waals surface area contributed by atoms with E-state index in [9.17, 15) is 9.59 Å². The monoisotopic (exact) mass is 318 g/mol. The van der Waals surface area contributed by atoms with Crippen LogP contribution in [0, 0.1) is 5.92 Å². The van der Waals surface area contributed by atoms with E-state index in [-0.39, 0.29) is 17.7 Å². The van der Waals surface area contributed by atoms with Crippen molar-refractivity contribution in [2.24, 2.45) is 11.7 Å². The minimum absolute atomic E-state index is 0.0749. The number of hydrogen-bond donors (Lipinski definition) is 1. The molecule has 0 aliphatic carbocycles. The van der Waals surface area contributed by atoms with Crippen molar-refractivity contribution in [3.8, 4) is 11.5 Å². The van der Waals surface area contributed by atoms with Crippen LogP contribution in [-0.2, 0) is 16.0 Å². The van der Waals surface area contributed by atoms with Crippen molar-refractivity contribution in [1.82, 2.24) is 4.90 Å². The maximum absolute atomic E-state index is 12.3. The van der Waals surface area contributed by atoms with Gasteiger partial charge in [0.25, 0.3) is 0 Å². The molecule has 1 atom stereocenters. The summed E-state index contributed by atoms with van der Waals surface area (Å²) in [7, 11) is 0. The zero-order chi connectivity index (χ0) is 16.2. The Morgan fingerprint density at radius 3 is 2.78 bits per heavy atom. The SMILES string of the molecule is NC(=O)C1CCCN(C(=O)CCc2ccc3c(c2)OCCO3)C1. The Labute approximate surface area is 135 Å². The number of rotatable bonds is 4. The molecule has 1 unspecified atom stereocenters. The molecule has 1 fully saturated rings. The second kappa shape index (κ2) is 6.89. The molecule has 23 heavy (non-hydrogen) atoms. The van der Waals surface area contributed by atoms with Crippen molar-refractivity contribution in [1.29, 1.82) is 0 Å². The van der Waals surface area contributed by atoms with Gasteiger partial charge in [0.15, 0.2) is 11.5 Å². The minimum atomic E-state index is -0.311. The number of amides is 2. The van der Waals surface area contributed by atoms with Gasteiger partial charge in [-0.15, -0.1) is 0 Å². The topological polar surface area (TPSA) is 81.9 Å². The van der Waals surface area contributed by atoms with Crippen molar-refractivity contribution < 1.29 is 19.1 Å². The number of benzene rings is 1. The Hall–Kier alpha value is -2.24. The number of likely N-dealkylation sites (tertiary alicyclic amines) is 1. The highest BCUT2D eigenvalue weighted by molar-refractivity contribution is 5.80. The third-order valence-electron chi connectivity index (χ3n) is 4.41. The summed E-state index contributed by atoms with van der Waals surface area (Å²) in [5.74, 6) is 1.06. The Morgan fingerprint density at radius 1 is 1.22 bits per heavy atom. The Bertz CT molecular complexity index is 602. The fourth-order valence-electron chi connectivity index (χ4n) is 3.09. The molecule has 2 aliphatic heterocycles. The van der Waals surface area contributed by atoms with Gasteiger partial charge in [0.05, 0.1) is 5.92 Å².